The number of pyridine rings is 1. The summed E-state index contributed by atoms with van der Waals surface area (Å²) in [5.74, 6) is 0.281. The molecule has 128 valence electrons. The molecule has 0 spiro atoms. The minimum atomic E-state index is -0.578. The van der Waals surface area contributed by atoms with Crippen LogP contribution in [0.2, 0.25) is 0 Å². The van der Waals surface area contributed by atoms with Gasteiger partial charge in [0.1, 0.15) is 11.8 Å². The van der Waals surface area contributed by atoms with Crippen LogP contribution in [0.4, 0.5) is 11.5 Å². The minimum absolute atomic E-state index is 0.0457. The number of benzene rings is 1. The van der Waals surface area contributed by atoms with Crippen molar-refractivity contribution in [2.45, 2.75) is 6.92 Å². The highest BCUT2D eigenvalue weighted by molar-refractivity contribution is 5.85. The summed E-state index contributed by atoms with van der Waals surface area (Å²) in [6.07, 6.45) is 1.21. The molecule has 3 rings (SSSR count). The van der Waals surface area contributed by atoms with E-state index in [1.807, 2.05) is 25.1 Å². The number of anilines is 1. The van der Waals surface area contributed by atoms with Gasteiger partial charge in [0.15, 0.2) is 5.75 Å². The number of para-hydroxylation sites is 1. The van der Waals surface area contributed by atoms with E-state index in [1.54, 1.807) is 31.2 Å². The van der Waals surface area contributed by atoms with Crippen molar-refractivity contribution in [3.63, 3.8) is 0 Å². The predicted molar refractivity (Wildman–Crippen MR) is 92.6 cm³/mol. The van der Waals surface area contributed by atoms with Crippen LogP contribution in [0.5, 0.6) is 11.6 Å². The molecular formula is C16H16N6O3. The van der Waals surface area contributed by atoms with Gasteiger partial charge in [-0.05, 0) is 19.1 Å². The number of hydrogen-bond donors (Lipinski definition) is 1. The van der Waals surface area contributed by atoms with Crippen LogP contribution in [-0.4, -0.2) is 39.0 Å². The molecule has 9 heteroatoms. The lowest BCUT2D eigenvalue weighted by Gasteiger charge is -2.14. The van der Waals surface area contributed by atoms with E-state index in [9.17, 15) is 10.1 Å². The van der Waals surface area contributed by atoms with E-state index in [0.29, 0.717) is 11.3 Å². The molecule has 3 aromatic rings. The van der Waals surface area contributed by atoms with Crippen LogP contribution in [0, 0.1) is 17.0 Å². The fourth-order valence-electron chi connectivity index (χ4n) is 2.30. The monoisotopic (exact) mass is 340 g/mol. The number of hydrazine groups is 1. The number of rotatable bonds is 5. The molecule has 0 fully saturated rings. The molecule has 0 aliphatic carbocycles. The topological polar surface area (TPSA) is 106 Å². The molecule has 25 heavy (non-hydrogen) atoms. The Labute approximate surface area is 143 Å². The average molecular weight is 340 g/mol. The zero-order chi connectivity index (χ0) is 18.0. The summed E-state index contributed by atoms with van der Waals surface area (Å²) in [6, 6.07) is 9.18. The van der Waals surface area contributed by atoms with Crippen LogP contribution in [0.3, 0.4) is 0 Å². The summed E-state index contributed by atoms with van der Waals surface area (Å²) in [7, 11) is 3.40. The van der Waals surface area contributed by atoms with Crippen molar-refractivity contribution >= 4 is 22.4 Å². The van der Waals surface area contributed by atoms with Gasteiger partial charge >= 0.3 is 11.6 Å². The molecule has 0 saturated carbocycles. The molecule has 0 aliphatic heterocycles. The number of aryl methyl sites for hydroxylation is 1. The van der Waals surface area contributed by atoms with E-state index in [0.717, 1.165) is 11.1 Å². The van der Waals surface area contributed by atoms with Gasteiger partial charge in [-0.3, -0.25) is 15.5 Å². The smallest absolute Gasteiger partial charge is 0.374 e. The zero-order valence-electron chi connectivity index (χ0n) is 13.9. The third-order valence-electron chi connectivity index (χ3n) is 3.33. The van der Waals surface area contributed by atoms with E-state index in [2.05, 4.69) is 20.4 Å². The van der Waals surface area contributed by atoms with Crippen molar-refractivity contribution in [3.8, 4) is 11.6 Å². The summed E-state index contributed by atoms with van der Waals surface area (Å²) < 4.78 is 5.75. The highest BCUT2D eigenvalue weighted by atomic mass is 16.6. The Morgan fingerprint density at radius 2 is 2.00 bits per heavy atom. The van der Waals surface area contributed by atoms with Gasteiger partial charge in [0.2, 0.25) is 5.82 Å². The minimum Gasteiger partial charge on any atom is -0.431 e. The first-order chi connectivity index (χ1) is 12.0. The van der Waals surface area contributed by atoms with Crippen molar-refractivity contribution in [1.82, 2.24) is 20.0 Å². The van der Waals surface area contributed by atoms with Gasteiger partial charge in [0, 0.05) is 25.2 Å². The lowest BCUT2D eigenvalue weighted by Crippen LogP contribution is -2.21. The molecule has 0 saturated heterocycles. The van der Waals surface area contributed by atoms with Gasteiger partial charge in [-0.15, -0.1) is 0 Å². The Balaban J connectivity index is 2.09. The Hall–Kier alpha value is -3.33. The Morgan fingerprint density at radius 1 is 1.20 bits per heavy atom. The first-order valence-corrected chi connectivity index (χ1v) is 7.43. The molecular weight excluding hydrogens is 324 g/mol. The van der Waals surface area contributed by atoms with Crippen LogP contribution in [0.1, 0.15) is 5.69 Å². The van der Waals surface area contributed by atoms with Gasteiger partial charge in [-0.1, -0.05) is 18.2 Å². The Bertz CT molecular complexity index is 944. The zero-order valence-corrected chi connectivity index (χ0v) is 13.9. The average Bonchev–Trinajstić information content (AvgIpc) is 2.54. The van der Waals surface area contributed by atoms with E-state index in [-0.39, 0.29) is 17.4 Å². The lowest BCUT2D eigenvalue weighted by molar-refractivity contribution is -0.385. The molecule has 2 aromatic heterocycles. The highest BCUT2D eigenvalue weighted by Crippen LogP contribution is 2.36. The maximum absolute atomic E-state index is 11.5. The molecule has 0 amide bonds. The molecule has 0 unspecified atom stereocenters. The third-order valence-corrected chi connectivity index (χ3v) is 3.33. The second kappa shape index (κ2) is 6.65. The van der Waals surface area contributed by atoms with Gasteiger partial charge in [-0.25, -0.2) is 15.0 Å². The van der Waals surface area contributed by atoms with Gasteiger partial charge in [-0.2, -0.15) is 4.98 Å². The normalized spacial score (nSPS) is 10.9. The Kier molecular flexibility index (Phi) is 4.40. The lowest BCUT2D eigenvalue weighted by atomic mass is 10.2. The van der Waals surface area contributed by atoms with Gasteiger partial charge in [0.05, 0.1) is 4.92 Å². The van der Waals surface area contributed by atoms with E-state index < -0.39 is 4.92 Å². The SMILES string of the molecule is Cc1ccc2cccc(Oc3ncnc(NN(C)C)c3[N+](=O)[O-])c2n1. The van der Waals surface area contributed by atoms with Crippen LogP contribution in [0.15, 0.2) is 36.7 Å². The Morgan fingerprint density at radius 3 is 2.72 bits per heavy atom. The molecule has 0 aliphatic rings. The quantitative estimate of drug-likeness (QED) is 0.558. The van der Waals surface area contributed by atoms with Crippen molar-refractivity contribution < 1.29 is 9.66 Å². The molecule has 9 nitrogen and oxygen atoms in total. The molecule has 2 heterocycles. The van der Waals surface area contributed by atoms with E-state index in [1.165, 1.54) is 6.33 Å². The second-order valence-electron chi connectivity index (χ2n) is 5.52. The third kappa shape index (κ3) is 3.45. The van der Waals surface area contributed by atoms with Crippen molar-refractivity contribution in [1.29, 1.82) is 0 Å². The summed E-state index contributed by atoms with van der Waals surface area (Å²) in [5, 5.41) is 13.9. The maximum atomic E-state index is 11.5. The van der Waals surface area contributed by atoms with Gasteiger partial charge < -0.3 is 4.74 Å². The summed E-state index contributed by atoms with van der Waals surface area (Å²) in [5.41, 5.74) is 3.85. The van der Waals surface area contributed by atoms with Crippen LogP contribution in [-0.2, 0) is 0 Å². The molecule has 0 atom stereocenters. The fraction of sp³-hybridized carbons (Fsp3) is 0.188. The second-order valence-corrected chi connectivity index (χ2v) is 5.52. The number of ether oxygens (including phenoxy) is 1. The van der Waals surface area contributed by atoms with Crippen LogP contribution < -0.4 is 10.2 Å². The summed E-state index contributed by atoms with van der Waals surface area (Å²) in [4.78, 5) is 23.2. The van der Waals surface area contributed by atoms with E-state index >= 15 is 0 Å². The summed E-state index contributed by atoms with van der Waals surface area (Å²) >= 11 is 0. The van der Waals surface area contributed by atoms with Crippen molar-refractivity contribution in [3.05, 3.63) is 52.5 Å². The van der Waals surface area contributed by atoms with Crippen LogP contribution >= 0.6 is 0 Å². The predicted octanol–water partition coefficient (Wildman–Crippen LogP) is 2.92. The molecule has 0 radical (unpaired) electrons. The maximum Gasteiger partial charge on any atom is 0.374 e. The number of nitro groups is 1. The number of aromatic nitrogens is 3. The number of nitrogens with zero attached hydrogens (tertiary/aromatic N) is 5. The molecule has 1 aromatic carbocycles. The first-order valence-electron chi connectivity index (χ1n) is 7.43. The number of fused-ring (bicyclic) bond motifs is 1. The van der Waals surface area contributed by atoms with Crippen LogP contribution in [0.25, 0.3) is 10.9 Å². The largest absolute Gasteiger partial charge is 0.431 e. The number of nitrogens with one attached hydrogen (secondary N) is 1. The highest BCUT2D eigenvalue weighted by Gasteiger charge is 2.26. The summed E-state index contributed by atoms with van der Waals surface area (Å²) in [6.45, 7) is 1.86. The van der Waals surface area contributed by atoms with Crippen molar-refractivity contribution in [2.75, 3.05) is 19.5 Å². The fourth-order valence-corrected chi connectivity index (χ4v) is 2.30. The molecule has 1 N–H and O–H groups in total. The molecule has 0 bridgehead atoms. The number of hydrogen-bond acceptors (Lipinski definition) is 8. The standard InChI is InChI=1S/C16H16N6O3/c1-10-7-8-11-5-4-6-12(13(11)19-10)25-16-14(22(23)24)15(17-9-18-16)20-21(2)3/h4-9H,1-3H3,(H,17,18,20). The van der Waals surface area contributed by atoms with Crippen molar-refractivity contribution in [2.24, 2.45) is 0 Å². The first kappa shape index (κ1) is 16.5. The van der Waals surface area contributed by atoms with E-state index in [4.69, 9.17) is 4.74 Å². The van der Waals surface area contributed by atoms with Gasteiger partial charge in [0.25, 0.3) is 0 Å².